The molecule has 0 aromatic heterocycles. The second-order valence-corrected chi connectivity index (χ2v) is 8.08. The highest BCUT2D eigenvalue weighted by Gasteiger charge is 2.22. The van der Waals surface area contributed by atoms with E-state index < -0.39 is 0 Å². The van der Waals surface area contributed by atoms with Crippen molar-refractivity contribution >= 4 is 6.29 Å². The highest BCUT2D eigenvalue weighted by molar-refractivity contribution is 5.78. The lowest BCUT2D eigenvalue weighted by Gasteiger charge is -2.24. The van der Waals surface area contributed by atoms with Crippen molar-refractivity contribution in [3.8, 4) is 23.0 Å². The summed E-state index contributed by atoms with van der Waals surface area (Å²) in [7, 11) is 1.57. The van der Waals surface area contributed by atoms with E-state index >= 15 is 0 Å². The second kappa shape index (κ2) is 9.63. The van der Waals surface area contributed by atoms with Gasteiger partial charge in [-0.1, -0.05) is 52.7 Å². The second-order valence-electron chi connectivity index (χ2n) is 8.08. The molecule has 28 heavy (non-hydrogen) atoms. The van der Waals surface area contributed by atoms with Crippen LogP contribution in [0.3, 0.4) is 0 Å². The number of unbranched alkanes of at least 4 members (excludes halogenated alkanes) is 2. The number of aryl methyl sites for hydroxylation is 1. The Morgan fingerprint density at radius 1 is 1.00 bits per heavy atom. The average molecular weight is 385 g/mol. The van der Waals surface area contributed by atoms with Gasteiger partial charge in [0.05, 0.1) is 13.7 Å². The molecule has 4 heteroatoms. The highest BCUT2D eigenvalue weighted by Crippen LogP contribution is 2.43. The molecular formula is C24H32O4. The highest BCUT2D eigenvalue weighted by atomic mass is 16.5. The van der Waals surface area contributed by atoms with Gasteiger partial charge >= 0.3 is 0 Å². The van der Waals surface area contributed by atoms with Crippen molar-refractivity contribution in [2.24, 2.45) is 0 Å². The summed E-state index contributed by atoms with van der Waals surface area (Å²) in [5.41, 5.74) is 2.59. The Morgan fingerprint density at radius 3 is 2.32 bits per heavy atom. The molecule has 0 aliphatic rings. The fraction of sp³-hybridized carbons (Fsp3) is 0.458. The molecule has 2 aromatic rings. The van der Waals surface area contributed by atoms with Crippen LogP contribution in [0.5, 0.6) is 23.0 Å². The lowest BCUT2D eigenvalue weighted by molar-refractivity contribution is 0.112. The largest absolute Gasteiger partial charge is 0.493 e. The Bertz CT molecular complexity index is 803. The number of rotatable bonds is 9. The van der Waals surface area contributed by atoms with Crippen LogP contribution in [0.15, 0.2) is 30.3 Å². The Morgan fingerprint density at radius 2 is 1.71 bits per heavy atom. The van der Waals surface area contributed by atoms with Gasteiger partial charge in [-0.05, 0) is 42.5 Å². The predicted molar refractivity (Wildman–Crippen MR) is 113 cm³/mol. The third kappa shape index (κ3) is 5.51. The van der Waals surface area contributed by atoms with Crippen LogP contribution < -0.4 is 14.2 Å². The molecule has 0 fully saturated rings. The molecule has 0 radical (unpaired) electrons. The molecule has 0 saturated heterocycles. The first-order valence-corrected chi connectivity index (χ1v) is 9.89. The van der Waals surface area contributed by atoms with Crippen molar-refractivity contribution in [3.05, 3.63) is 47.0 Å². The number of hydrogen-bond donors (Lipinski definition) is 0. The van der Waals surface area contributed by atoms with E-state index in [1.807, 2.05) is 13.0 Å². The van der Waals surface area contributed by atoms with E-state index in [0.717, 1.165) is 42.4 Å². The van der Waals surface area contributed by atoms with Crippen molar-refractivity contribution in [2.45, 2.75) is 59.3 Å². The summed E-state index contributed by atoms with van der Waals surface area (Å²) in [5, 5.41) is 0. The standard InChI is InChI=1S/C24H32O4/c1-7-8-9-12-27-23-21(26-6)14-18(16-25)15-22(23)28-20-13-17(2)10-11-19(20)24(3,4)5/h10-11,13-16H,7-9,12H2,1-6H3. The molecule has 2 aromatic carbocycles. The number of hydrogen-bond acceptors (Lipinski definition) is 4. The van der Waals surface area contributed by atoms with Crippen LogP contribution in [0, 0.1) is 6.92 Å². The molecule has 0 N–H and O–H groups in total. The van der Waals surface area contributed by atoms with Gasteiger partial charge in [0.2, 0.25) is 5.75 Å². The maximum Gasteiger partial charge on any atom is 0.204 e. The van der Waals surface area contributed by atoms with Gasteiger partial charge in [-0.15, -0.1) is 0 Å². The van der Waals surface area contributed by atoms with Crippen molar-refractivity contribution in [1.29, 1.82) is 0 Å². The molecule has 2 rings (SSSR count). The number of carbonyl (C=O) groups is 1. The van der Waals surface area contributed by atoms with E-state index in [9.17, 15) is 4.79 Å². The third-order valence-corrected chi connectivity index (χ3v) is 4.56. The van der Waals surface area contributed by atoms with E-state index in [4.69, 9.17) is 14.2 Å². The molecule has 0 unspecified atom stereocenters. The minimum atomic E-state index is -0.0858. The smallest absolute Gasteiger partial charge is 0.204 e. The molecule has 0 heterocycles. The normalized spacial score (nSPS) is 11.2. The fourth-order valence-corrected chi connectivity index (χ4v) is 3.01. The zero-order valence-electron chi connectivity index (χ0n) is 17.9. The minimum absolute atomic E-state index is 0.0858. The first-order chi connectivity index (χ1) is 13.3. The van der Waals surface area contributed by atoms with Gasteiger partial charge in [0.1, 0.15) is 12.0 Å². The van der Waals surface area contributed by atoms with Crippen LogP contribution in [0.1, 0.15) is 68.4 Å². The molecule has 0 saturated carbocycles. The lowest BCUT2D eigenvalue weighted by Crippen LogP contribution is -2.13. The molecule has 0 aliphatic heterocycles. The Kier molecular flexibility index (Phi) is 7.50. The van der Waals surface area contributed by atoms with E-state index in [-0.39, 0.29) is 5.41 Å². The third-order valence-electron chi connectivity index (χ3n) is 4.56. The summed E-state index contributed by atoms with van der Waals surface area (Å²) in [4.78, 5) is 11.4. The fourth-order valence-electron chi connectivity index (χ4n) is 3.01. The maximum absolute atomic E-state index is 11.4. The monoisotopic (exact) mass is 384 g/mol. The van der Waals surface area contributed by atoms with Crippen LogP contribution >= 0.6 is 0 Å². The van der Waals surface area contributed by atoms with Crippen molar-refractivity contribution in [3.63, 3.8) is 0 Å². The molecule has 152 valence electrons. The van der Waals surface area contributed by atoms with Gasteiger partial charge in [0.25, 0.3) is 0 Å². The zero-order valence-corrected chi connectivity index (χ0v) is 17.9. The summed E-state index contributed by atoms with van der Waals surface area (Å²) in [6, 6.07) is 9.57. The molecule has 0 aliphatic carbocycles. The molecular weight excluding hydrogens is 352 g/mol. The van der Waals surface area contributed by atoms with Gasteiger partial charge in [-0.2, -0.15) is 0 Å². The van der Waals surface area contributed by atoms with Gasteiger partial charge in [0.15, 0.2) is 11.5 Å². The number of aldehydes is 1. The summed E-state index contributed by atoms with van der Waals surface area (Å²) in [6.07, 6.45) is 3.95. The molecule has 0 amide bonds. The molecule has 0 bridgehead atoms. The van der Waals surface area contributed by atoms with Crippen LogP contribution in [-0.4, -0.2) is 20.0 Å². The Balaban J connectivity index is 2.49. The Labute approximate surface area is 168 Å². The van der Waals surface area contributed by atoms with Crippen molar-refractivity contribution in [2.75, 3.05) is 13.7 Å². The van der Waals surface area contributed by atoms with E-state index in [1.54, 1.807) is 19.2 Å². The van der Waals surface area contributed by atoms with Crippen molar-refractivity contribution in [1.82, 2.24) is 0 Å². The topological polar surface area (TPSA) is 44.8 Å². The first-order valence-electron chi connectivity index (χ1n) is 9.89. The average Bonchev–Trinajstić information content (AvgIpc) is 2.64. The quantitative estimate of drug-likeness (QED) is 0.367. The zero-order chi connectivity index (χ0) is 20.7. The van der Waals surface area contributed by atoms with Crippen LogP contribution in [0.25, 0.3) is 0 Å². The van der Waals surface area contributed by atoms with Crippen LogP contribution in [0.2, 0.25) is 0 Å². The first kappa shape index (κ1) is 21.8. The number of carbonyl (C=O) groups excluding carboxylic acids is 1. The number of ether oxygens (including phenoxy) is 3. The molecule has 4 nitrogen and oxygen atoms in total. The summed E-state index contributed by atoms with van der Waals surface area (Å²) in [6.45, 7) is 11.2. The number of methoxy groups -OCH3 is 1. The predicted octanol–water partition coefficient (Wildman–Crippen LogP) is 6.47. The van der Waals surface area contributed by atoms with E-state index in [0.29, 0.717) is 29.4 Å². The van der Waals surface area contributed by atoms with Gasteiger partial charge in [0, 0.05) is 11.1 Å². The Hall–Kier alpha value is -2.49. The van der Waals surface area contributed by atoms with E-state index in [1.165, 1.54) is 0 Å². The minimum Gasteiger partial charge on any atom is -0.493 e. The van der Waals surface area contributed by atoms with E-state index in [2.05, 4.69) is 39.8 Å². The maximum atomic E-state index is 11.4. The summed E-state index contributed by atoms with van der Waals surface area (Å²) >= 11 is 0. The van der Waals surface area contributed by atoms with Gasteiger partial charge in [-0.25, -0.2) is 0 Å². The van der Waals surface area contributed by atoms with Crippen LogP contribution in [-0.2, 0) is 5.41 Å². The summed E-state index contributed by atoms with van der Waals surface area (Å²) in [5.74, 6) is 2.29. The SMILES string of the molecule is CCCCCOc1c(OC)cc(C=O)cc1Oc1cc(C)ccc1C(C)(C)C. The molecule has 0 atom stereocenters. The lowest BCUT2D eigenvalue weighted by atomic mass is 9.86. The van der Waals surface area contributed by atoms with Gasteiger partial charge < -0.3 is 14.2 Å². The van der Waals surface area contributed by atoms with Crippen molar-refractivity contribution < 1.29 is 19.0 Å². The number of benzene rings is 2. The summed E-state index contributed by atoms with van der Waals surface area (Å²) < 4.78 is 17.8. The van der Waals surface area contributed by atoms with Gasteiger partial charge in [-0.3, -0.25) is 4.79 Å². The molecule has 0 spiro atoms. The van der Waals surface area contributed by atoms with Crippen LogP contribution in [0.4, 0.5) is 0 Å².